The van der Waals surface area contributed by atoms with Gasteiger partial charge in [-0.1, -0.05) is 67.7 Å². The molecule has 42 heavy (non-hydrogen) atoms. The maximum Gasteiger partial charge on any atom is 0.350 e. The number of allylic oxidation sites excluding steroid dienone is 1. The van der Waals surface area contributed by atoms with Gasteiger partial charge in [-0.2, -0.15) is 0 Å². The second-order valence-electron chi connectivity index (χ2n) is 10.0. The molecule has 2 heterocycles. The average molecular weight is 591 g/mol. The molecule has 1 unspecified atom stereocenters. The maximum atomic E-state index is 13.6. The molecule has 0 bridgehead atoms. The summed E-state index contributed by atoms with van der Waals surface area (Å²) < 4.78 is 16.7. The van der Waals surface area contributed by atoms with Gasteiger partial charge in [0.1, 0.15) is 4.88 Å². The molecule has 0 aliphatic carbocycles. The Morgan fingerprint density at radius 2 is 1.86 bits per heavy atom. The molecule has 1 N–H and O–H groups in total. The number of rotatable bonds is 12. The van der Waals surface area contributed by atoms with E-state index in [0.29, 0.717) is 41.9 Å². The fourth-order valence-corrected chi connectivity index (χ4v) is 5.46. The first-order valence-corrected chi connectivity index (χ1v) is 14.5. The molecule has 9 nitrogen and oxygen atoms in total. The molecule has 1 aliphatic heterocycles. The lowest BCUT2D eigenvalue weighted by atomic mass is 9.95. The zero-order valence-electron chi connectivity index (χ0n) is 24.2. The second kappa shape index (κ2) is 13.5. The molecule has 3 aromatic rings. The number of aromatic nitrogens is 1. The highest BCUT2D eigenvalue weighted by Gasteiger charge is 2.45. The molecule has 1 aromatic heterocycles. The van der Waals surface area contributed by atoms with Crippen LogP contribution in [0.3, 0.4) is 0 Å². The molecule has 0 saturated carbocycles. The predicted octanol–water partition coefficient (Wildman–Crippen LogP) is 6.24. The summed E-state index contributed by atoms with van der Waals surface area (Å²) in [5.41, 5.74) is 1.52. The number of ether oxygens (including phenoxy) is 3. The van der Waals surface area contributed by atoms with E-state index in [2.05, 4.69) is 18.8 Å². The zero-order chi connectivity index (χ0) is 30.4. The van der Waals surface area contributed by atoms with E-state index < -0.39 is 29.5 Å². The summed E-state index contributed by atoms with van der Waals surface area (Å²) >= 11 is 0.945. The van der Waals surface area contributed by atoms with E-state index in [9.17, 15) is 19.5 Å². The van der Waals surface area contributed by atoms with E-state index in [1.165, 1.54) is 18.1 Å². The SMILES string of the molecule is CCOc1cc(C2C(C(=O)/C=C/c3ccccc3)=C(O)C(=O)N2c2nc(C)c(C(=O)OC)s2)ccc1OCCC(C)C. The zero-order valence-corrected chi connectivity index (χ0v) is 25.1. The van der Waals surface area contributed by atoms with Crippen LogP contribution >= 0.6 is 11.3 Å². The van der Waals surface area contributed by atoms with Crippen molar-refractivity contribution >= 4 is 40.2 Å². The van der Waals surface area contributed by atoms with Crippen LogP contribution in [-0.4, -0.2) is 48.1 Å². The number of hydrogen-bond acceptors (Lipinski definition) is 9. The molecule has 2 aromatic carbocycles. The van der Waals surface area contributed by atoms with Gasteiger partial charge in [-0.05, 0) is 55.5 Å². The van der Waals surface area contributed by atoms with Gasteiger partial charge in [-0.3, -0.25) is 14.5 Å². The Labute approximate surface area is 249 Å². The number of aryl methyl sites for hydroxylation is 1. The number of thiazole rings is 1. The number of ketones is 1. The van der Waals surface area contributed by atoms with Gasteiger partial charge in [0, 0.05) is 0 Å². The van der Waals surface area contributed by atoms with Crippen molar-refractivity contribution in [1.82, 2.24) is 4.98 Å². The van der Waals surface area contributed by atoms with Gasteiger partial charge in [-0.25, -0.2) is 9.78 Å². The van der Waals surface area contributed by atoms with E-state index >= 15 is 0 Å². The van der Waals surface area contributed by atoms with Crippen LogP contribution in [0.1, 0.15) is 59.7 Å². The first-order valence-electron chi connectivity index (χ1n) is 13.7. The van der Waals surface area contributed by atoms with Crippen LogP contribution in [0.25, 0.3) is 6.08 Å². The lowest BCUT2D eigenvalue weighted by Crippen LogP contribution is -2.31. The van der Waals surface area contributed by atoms with Crippen LogP contribution in [0.5, 0.6) is 11.5 Å². The Hall–Kier alpha value is -4.44. The van der Waals surface area contributed by atoms with Gasteiger partial charge in [-0.15, -0.1) is 0 Å². The Morgan fingerprint density at radius 1 is 1.12 bits per heavy atom. The number of carbonyl (C=O) groups excluding carboxylic acids is 3. The minimum Gasteiger partial charge on any atom is -0.503 e. The molecular weight excluding hydrogens is 556 g/mol. The molecule has 4 rings (SSSR count). The molecule has 1 aliphatic rings. The van der Waals surface area contributed by atoms with Crippen LogP contribution in [0.15, 0.2) is 65.9 Å². The first-order chi connectivity index (χ1) is 20.2. The first kappa shape index (κ1) is 30.5. The summed E-state index contributed by atoms with van der Waals surface area (Å²) in [7, 11) is 1.26. The van der Waals surface area contributed by atoms with Crippen molar-refractivity contribution in [3.63, 3.8) is 0 Å². The maximum absolute atomic E-state index is 13.6. The van der Waals surface area contributed by atoms with Gasteiger partial charge in [0.25, 0.3) is 5.91 Å². The number of benzene rings is 2. The van der Waals surface area contributed by atoms with Crippen molar-refractivity contribution in [2.45, 2.75) is 40.2 Å². The average Bonchev–Trinajstić information content (AvgIpc) is 3.48. The number of methoxy groups -OCH3 is 1. The highest BCUT2D eigenvalue weighted by atomic mass is 32.1. The lowest BCUT2D eigenvalue weighted by molar-refractivity contribution is -0.117. The normalized spacial score (nSPS) is 15.1. The number of hydrogen-bond donors (Lipinski definition) is 1. The molecule has 1 amide bonds. The predicted molar refractivity (Wildman–Crippen MR) is 161 cm³/mol. The van der Waals surface area contributed by atoms with E-state index in [1.807, 2.05) is 37.3 Å². The molecule has 0 radical (unpaired) electrons. The van der Waals surface area contributed by atoms with Crippen molar-refractivity contribution in [2.24, 2.45) is 5.92 Å². The third-order valence-electron chi connectivity index (χ3n) is 6.60. The fourth-order valence-electron chi connectivity index (χ4n) is 4.45. The molecule has 10 heteroatoms. The summed E-state index contributed by atoms with van der Waals surface area (Å²) in [5.74, 6) is -1.22. The molecule has 0 fully saturated rings. The third kappa shape index (κ3) is 6.54. The number of nitrogens with zero attached hydrogens (tertiary/aromatic N) is 2. The van der Waals surface area contributed by atoms with Crippen molar-refractivity contribution < 1.29 is 33.7 Å². The Kier molecular flexibility index (Phi) is 9.80. The second-order valence-corrected chi connectivity index (χ2v) is 11.0. The standard InChI is InChI=1S/C32H34N2O7S/c1-6-40-25-18-22(13-15-24(25)41-17-16-19(2)3)27-26(23(35)14-12-21-10-8-7-9-11-21)28(36)30(37)34(27)32-33-20(4)29(42-32)31(38)39-5/h7-15,18-19,27,36H,6,16-17H2,1-5H3/b14-12+. The number of amides is 1. The van der Waals surface area contributed by atoms with Crippen LogP contribution in [0.2, 0.25) is 0 Å². The van der Waals surface area contributed by atoms with Gasteiger partial charge in [0.15, 0.2) is 28.2 Å². The largest absolute Gasteiger partial charge is 0.503 e. The van der Waals surface area contributed by atoms with Crippen LogP contribution in [0, 0.1) is 12.8 Å². The van der Waals surface area contributed by atoms with Crippen LogP contribution < -0.4 is 14.4 Å². The van der Waals surface area contributed by atoms with Crippen molar-refractivity contribution in [3.05, 3.63) is 87.6 Å². The lowest BCUT2D eigenvalue weighted by Gasteiger charge is -2.25. The van der Waals surface area contributed by atoms with Gasteiger partial charge in [0.05, 0.1) is 37.6 Å². The Bertz CT molecular complexity index is 1520. The summed E-state index contributed by atoms with van der Waals surface area (Å²) in [5, 5.41) is 11.2. The number of aliphatic hydroxyl groups excluding tert-OH is 1. The highest BCUT2D eigenvalue weighted by Crippen LogP contribution is 2.45. The topological polar surface area (TPSA) is 115 Å². The van der Waals surface area contributed by atoms with Gasteiger partial charge >= 0.3 is 5.97 Å². The number of anilines is 1. The minimum atomic E-state index is -1.05. The number of aliphatic hydroxyl groups is 1. The number of carbonyl (C=O) groups is 3. The smallest absolute Gasteiger partial charge is 0.350 e. The molecule has 0 saturated heterocycles. The summed E-state index contributed by atoms with van der Waals surface area (Å²) in [6.45, 7) is 8.54. The molecule has 1 atom stereocenters. The van der Waals surface area contributed by atoms with Crippen molar-refractivity contribution in [2.75, 3.05) is 25.2 Å². The monoisotopic (exact) mass is 590 g/mol. The van der Waals surface area contributed by atoms with E-state index in [0.717, 1.165) is 23.3 Å². The molecule has 0 spiro atoms. The van der Waals surface area contributed by atoms with Crippen LogP contribution in [0.4, 0.5) is 5.13 Å². The third-order valence-corrected chi connectivity index (χ3v) is 7.74. The quantitative estimate of drug-likeness (QED) is 0.195. The highest BCUT2D eigenvalue weighted by molar-refractivity contribution is 7.17. The van der Waals surface area contributed by atoms with Crippen molar-refractivity contribution in [1.29, 1.82) is 0 Å². The minimum absolute atomic E-state index is 0.115. The molecule has 220 valence electrons. The van der Waals surface area contributed by atoms with Gasteiger partial charge < -0.3 is 19.3 Å². The molecular formula is C32H34N2O7S. The fraction of sp³-hybridized carbons (Fsp3) is 0.312. The van der Waals surface area contributed by atoms with Crippen molar-refractivity contribution in [3.8, 4) is 11.5 Å². The number of esters is 1. The van der Waals surface area contributed by atoms with E-state index in [-0.39, 0.29) is 15.6 Å². The van der Waals surface area contributed by atoms with E-state index in [4.69, 9.17) is 14.2 Å². The Morgan fingerprint density at radius 3 is 2.52 bits per heavy atom. The Balaban J connectivity index is 1.81. The van der Waals surface area contributed by atoms with E-state index in [1.54, 1.807) is 31.2 Å². The van der Waals surface area contributed by atoms with Crippen LogP contribution in [-0.2, 0) is 14.3 Å². The summed E-state index contributed by atoms with van der Waals surface area (Å²) in [4.78, 5) is 45.4. The summed E-state index contributed by atoms with van der Waals surface area (Å²) in [6.07, 6.45) is 3.80. The van der Waals surface area contributed by atoms with Gasteiger partial charge in [0.2, 0.25) is 0 Å². The summed E-state index contributed by atoms with van der Waals surface area (Å²) in [6, 6.07) is 13.3.